The maximum absolute atomic E-state index is 3.71. The minimum absolute atomic E-state index is 0.524. The molecule has 0 saturated heterocycles. The van der Waals surface area contributed by atoms with Crippen LogP contribution in [0.2, 0.25) is 0 Å². The molecule has 1 N–H and O–H groups in total. The van der Waals surface area contributed by atoms with E-state index in [9.17, 15) is 0 Å². The topological polar surface area (TPSA) is 15.3 Å². The predicted molar refractivity (Wildman–Crippen MR) is 91.9 cm³/mol. The van der Waals surface area contributed by atoms with Crippen molar-refractivity contribution >= 4 is 15.9 Å². The molecule has 0 fully saturated rings. The summed E-state index contributed by atoms with van der Waals surface area (Å²) in [6.45, 7) is 12.0. The first kappa shape index (κ1) is 17.7. The summed E-state index contributed by atoms with van der Waals surface area (Å²) in [5, 5.41) is 3.45. The molecule has 0 heterocycles. The Kier molecular flexibility index (Phi) is 7.78. The van der Waals surface area contributed by atoms with Crippen molar-refractivity contribution in [3.8, 4) is 0 Å². The van der Waals surface area contributed by atoms with E-state index in [0.29, 0.717) is 6.04 Å². The molecule has 1 aromatic carbocycles. The predicted octanol–water partition coefficient (Wildman–Crippen LogP) is 4.43. The van der Waals surface area contributed by atoms with Gasteiger partial charge in [-0.2, -0.15) is 0 Å². The van der Waals surface area contributed by atoms with Gasteiger partial charge in [0, 0.05) is 23.6 Å². The second-order valence-electron chi connectivity index (χ2n) is 6.38. The summed E-state index contributed by atoms with van der Waals surface area (Å²) in [5.41, 5.74) is 2.70. The Bertz CT molecular complexity index is 402. The van der Waals surface area contributed by atoms with Gasteiger partial charge in [-0.05, 0) is 43.1 Å². The Hall–Kier alpha value is -0.380. The molecular weight excluding hydrogens is 312 g/mol. The molecule has 0 saturated carbocycles. The molecule has 114 valence electrons. The van der Waals surface area contributed by atoms with Crippen molar-refractivity contribution in [2.24, 2.45) is 5.92 Å². The SMILES string of the molecule is CC(C)CCN(C)Cc1ccc(CNC(C)C)cc1Br. The molecule has 0 aliphatic carbocycles. The average molecular weight is 341 g/mol. The molecule has 0 spiro atoms. The van der Waals surface area contributed by atoms with E-state index in [0.717, 1.165) is 25.6 Å². The number of hydrogen-bond donors (Lipinski definition) is 1. The van der Waals surface area contributed by atoms with Crippen molar-refractivity contribution in [3.63, 3.8) is 0 Å². The van der Waals surface area contributed by atoms with Crippen LogP contribution in [-0.2, 0) is 13.1 Å². The summed E-state index contributed by atoms with van der Waals surface area (Å²) in [5.74, 6) is 0.769. The molecular formula is C17H29BrN2. The fourth-order valence-electron chi connectivity index (χ4n) is 2.00. The minimum Gasteiger partial charge on any atom is -0.310 e. The van der Waals surface area contributed by atoms with Crippen LogP contribution < -0.4 is 5.32 Å². The van der Waals surface area contributed by atoms with Crippen molar-refractivity contribution in [1.29, 1.82) is 0 Å². The van der Waals surface area contributed by atoms with E-state index in [1.807, 2.05) is 0 Å². The molecule has 0 amide bonds. The smallest absolute Gasteiger partial charge is 0.0241 e. The van der Waals surface area contributed by atoms with E-state index in [1.54, 1.807) is 0 Å². The highest BCUT2D eigenvalue weighted by molar-refractivity contribution is 9.10. The van der Waals surface area contributed by atoms with E-state index in [-0.39, 0.29) is 0 Å². The highest BCUT2D eigenvalue weighted by Gasteiger charge is 2.06. The molecule has 1 aromatic rings. The normalized spacial score (nSPS) is 11.8. The Morgan fingerprint density at radius 1 is 1.20 bits per heavy atom. The molecule has 0 aliphatic rings. The third-order valence-electron chi connectivity index (χ3n) is 3.36. The summed E-state index contributed by atoms with van der Waals surface area (Å²) < 4.78 is 1.22. The molecule has 1 rings (SSSR count). The lowest BCUT2D eigenvalue weighted by Gasteiger charge is -2.19. The maximum atomic E-state index is 3.71. The Labute approximate surface area is 133 Å². The summed E-state index contributed by atoms with van der Waals surface area (Å²) in [6, 6.07) is 7.23. The summed E-state index contributed by atoms with van der Waals surface area (Å²) in [4.78, 5) is 2.39. The first-order valence-corrected chi connectivity index (χ1v) is 8.37. The van der Waals surface area contributed by atoms with Crippen LogP contribution in [0.15, 0.2) is 22.7 Å². The van der Waals surface area contributed by atoms with Gasteiger partial charge < -0.3 is 10.2 Å². The molecule has 0 atom stereocenters. The molecule has 2 nitrogen and oxygen atoms in total. The van der Waals surface area contributed by atoms with E-state index in [2.05, 4.69) is 79.1 Å². The summed E-state index contributed by atoms with van der Waals surface area (Å²) in [7, 11) is 2.20. The van der Waals surface area contributed by atoms with Gasteiger partial charge in [0.25, 0.3) is 0 Å². The number of rotatable bonds is 8. The molecule has 3 heteroatoms. The molecule has 0 unspecified atom stereocenters. The fourth-order valence-corrected chi connectivity index (χ4v) is 2.55. The monoisotopic (exact) mass is 340 g/mol. The number of benzene rings is 1. The van der Waals surface area contributed by atoms with Gasteiger partial charge in [-0.1, -0.05) is 55.8 Å². The lowest BCUT2D eigenvalue weighted by molar-refractivity contribution is 0.303. The highest BCUT2D eigenvalue weighted by atomic mass is 79.9. The maximum Gasteiger partial charge on any atom is 0.0241 e. The first-order chi connectivity index (χ1) is 9.38. The van der Waals surface area contributed by atoms with Crippen LogP contribution >= 0.6 is 15.9 Å². The quantitative estimate of drug-likeness (QED) is 0.753. The Morgan fingerprint density at radius 3 is 2.45 bits per heavy atom. The van der Waals surface area contributed by atoms with Gasteiger partial charge in [-0.25, -0.2) is 0 Å². The minimum atomic E-state index is 0.524. The van der Waals surface area contributed by atoms with E-state index in [4.69, 9.17) is 0 Å². The third kappa shape index (κ3) is 6.87. The number of halogens is 1. The van der Waals surface area contributed by atoms with Crippen molar-refractivity contribution in [2.45, 2.75) is 53.2 Å². The van der Waals surface area contributed by atoms with Crippen LogP contribution in [0.25, 0.3) is 0 Å². The van der Waals surface area contributed by atoms with E-state index >= 15 is 0 Å². The average Bonchev–Trinajstić information content (AvgIpc) is 2.36. The lowest BCUT2D eigenvalue weighted by Crippen LogP contribution is -2.22. The molecule has 0 bridgehead atoms. The van der Waals surface area contributed by atoms with Crippen LogP contribution in [0, 0.1) is 5.92 Å². The number of hydrogen-bond acceptors (Lipinski definition) is 2. The van der Waals surface area contributed by atoms with Gasteiger partial charge in [0.05, 0.1) is 0 Å². The molecule has 0 aromatic heterocycles. The van der Waals surface area contributed by atoms with Gasteiger partial charge in [-0.15, -0.1) is 0 Å². The zero-order chi connectivity index (χ0) is 15.1. The van der Waals surface area contributed by atoms with Crippen molar-refractivity contribution in [2.75, 3.05) is 13.6 Å². The zero-order valence-corrected chi connectivity index (χ0v) is 15.1. The van der Waals surface area contributed by atoms with E-state index in [1.165, 1.54) is 22.0 Å². The number of nitrogens with zero attached hydrogens (tertiary/aromatic N) is 1. The molecule has 0 radical (unpaired) electrons. The first-order valence-electron chi connectivity index (χ1n) is 7.57. The Morgan fingerprint density at radius 2 is 1.90 bits per heavy atom. The van der Waals surface area contributed by atoms with Gasteiger partial charge in [-0.3, -0.25) is 0 Å². The van der Waals surface area contributed by atoms with Crippen LogP contribution in [-0.4, -0.2) is 24.5 Å². The van der Waals surface area contributed by atoms with Crippen LogP contribution in [0.4, 0.5) is 0 Å². The summed E-state index contributed by atoms with van der Waals surface area (Å²) >= 11 is 3.71. The zero-order valence-electron chi connectivity index (χ0n) is 13.5. The summed E-state index contributed by atoms with van der Waals surface area (Å²) in [6.07, 6.45) is 1.25. The van der Waals surface area contributed by atoms with Gasteiger partial charge in [0.2, 0.25) is 0 Å². The van der Waals surface area contributed by atoms with Gasteiger partial charge >= 0.3 is 0 Å². The second kappa shape index (κ2) is 8.81. The highest BCUT2D eigenvalue weighted by Crippen LogP contribution is 2.20. The third-order valence-corrected chi connectivity index (χ3v) is 4.10. The van der Waals surface area contributed by atoms with Crippen LogP contribution in [0.3, 0.4) is 0 Å². The van der Waals surface area contributed by atoms with Crippen molar-refractivity contribution in [3.05, 3.63) is 33.8 Å². The number of nitrogens with one attached hydrogen (secondary N) is 1. The van der Waals surface area contributed by atoms with Gasteiger partial charge in [0.1, 0.15) is 0 Å². The lowest BCUT2D eigenvalue weighted by atomic mass is 10.1. The van der Waals surface area contributed by atoms with Crippen molar-refractivity contribution in [1.82, 2.24) is 10.2 Å². The fraction of sp³-hybridized carbons (Fsp3) is 0.647. The molecule has 0 aliphatic heterocycles. The van der Waals surface area contributed by atoms with E-state index < -0.39 is 0 Å². The largest absolute Gasteiger partial charge is 0.310 e. The van der Waals surface area contributed by atoms with Gasteiger partial charge in [0.15, 0.2) is 0 Å². The standard InChI is InChI=1S/C17H29BrN2/c1-13(2)8-9-20(5)12-16-7-6-15(10-17(16)18)11-19-14(3)4/h6-7,10,13-14,19H,8-9,11-12H2,1-5H3. The second-order valence-corrected chi connectivity index (χ2v) is 7.24. The Balaban J connectivity index is 2.54. The van der Waals surface area contributed by atoms with Crippen LogP contribution in [0.5, 0.6) is 0 Å². The van der Waals surface area contributed by atoms with Crippen LogP contribution in [0.1, 0.15) is 45.2 Å². The molecule has 20 heavy (non-hydrogen) atoms. The van der Waals surface area contributed by atoms with Crippen molar-refractivity contribution < 1.29 is 0 Å².